The predicted molar refractivity (Wildman–Crippen MR) is 200 cm³/mol. The summed E-state index contributed by atoms with van der Waals surface area (Å²) in [4.78, 5) is 10.5. The summed E-state index contributed by atoms with van der Waals surface area (Å²) in [5, 5.41) is 8.14. The Bertz CT molecular complexity index is 2950. The van der Waals surface area contributed by atoms with E-state index >= 15 is 0 Å². The van der Waals surface area contributed by atoms with Crippen molar-refractivity contribution in [3.8, 4) is 5.69 Å². The summed E-state index contributed by atoms with van der Waals surface area (Å²) in [5.74, 6) is 0.859. The van der Waals surface area contributed by atoms with Crippen LogP contribution < -0.4 is 0 Å². The van der Waals surface area contributed by atoms with Gasteiger partial charge in [0.2, 0.25) is 0 Å². The second-order valence-corrected chi connectivity index (χ2v) is 12.9. The van der Waals surface area contributed by atoms with Crippen LogP contribution in [0.5, 0.6) is 0 Å². The molecule has 0 unspecified atom stereocenters. The van der Waals surface area contributed by atoms with Crippen molar-refractivity contribution in [1.29, 1.82) is 0 Å². The molecule has 0 spiro atoms. The summed E-state index contributed by atoms with van der Waals surface area (Å²) in [6.45, 7) is 3.96. The van der Waals surface area contributed by atoms with Crippen molar-refractivity contribution >= 4 is 105 Å². The third-order valence-corrected chi connectivity index (χ3v) is 10.6. The molecule has 10 aromatic rings. The van der Waals surface area contributed by atoms with Crippen molar-refractivity contribution in [3.63, 3.8) is 0 Å². The van der Waals surface area contributed by atoms with Gasteiger partial charge >= 0.3 is 0 Å². The quantitative estimate of drug-likeness (QED) is 0.143. The van der Waals surface area contributed by atoms with Crippen molar-refractivity contribution < 1.29 is 4.42 Å². The molecule has 5 nitrogen and oxygen atoms in total. The molecule has 0 bridgehead atoms. The van der Waals surface area contributed by atoms with Crippen molar-refractivity contribution in [2.75, 3.05) is 7.05 Å². The monoisotopic (exact) mass is 622 g/mol. The van der Waals surface area contributed by atoms with Crippen LogP contribution in [0.3, 0.4) is 0 Å². The van der Waals surface area contributed by atoms with E-state index in [9.17, 15) is 0 Å². The summed E-state index contributed by atoms with van der Waals surface area (Å²) in [7, 11) is 1.87. The minimum Gasteiger partial charge on any atom is -0.456 e. The molecule has 6 aromatic carbocycles. The number of fused-ring (bicyclic) bond motifs is 11. The summed E-state index contributed by atoms with van der Waals surface area (Å²) >= 11 is 1.71. The van der Waals surface area contributed by atoms with Crippen LogP contribution in [-0.2, 0) is 0 Å². The molecule has 4 aromatic heterocycles. The number of benzene rings is 6. The lowest BCUT2D eigenvalue weighted by atomic mass is 10.1. The molecule has 10 rings (SSSR count). The first-order valence-corrected chi connectivity index (χ1v) is 16.4. The van der Waals surface area contributed by atoms with Crippen molar-refractivity contribution in [1.82, 2.24) is 9.13 Å². The maximum Gasteiger partial charge on any atom is 0.152 e. The van der Waals surface area contributed by atoms with Gasteiger partial charge in [0.1, 0.15) is 11.2 Å². The Labute approximate surface area is 272 Å². The Hall–Kier alpha value is -5.98. The molecule has 0 saturated heterocycles. The van der Waals surface area contributed by atoms with E-state index in [1.54, 1.807) is 11.3 Å². The zero-order valence-electron chi connectivity index (χ0n) is 25.4. The van der Waals surface area contributed by atoms with Crippen LogP contribution in [0, 0.1) is 0 Å². The Morgan fingerprint density at radius 1 is 0.617 bits per heavy atom. The fraction of sp³-hybridized carbons (Fsp3) is 0.0244. The average molecular weight is 623 g/mol. The Balaban J connectivity index is 1.30. The number of furan rings is 1. The number of aliphatic imine (C=N–C) groups is 2. The van der Waals surface area contributed by atoms with Crippen molar-refractivity contribution in [3.05, 3.63) is 132 Å². The van der Waals surface area contributed by atoms with Crippen LogP contribution in [-0.4, -0.2) is 28.7 Å². The van der Waals surface area contributed by atoms with Gasteiger partial charge in [-0.2, -0.15) is 0 Å². The number of para-hydroxylation sites is 3. The van der Waals surface area contributed by atoms with Crippen LogP contribution in [0.15, 0.2) is 142 Å². The van der Waals surface area contributed by atoms with Crippen LogP contribution in [0.2, 0.25) is 0 Å². The molecule has 0 saturated carbocycles. The van der Waals surface area contributed by atoms with Gasteiger partial charge in [-0.15, -0.1) is 11.3 Å². The number of rotatable bonds is 3. The first-order chi connectivity index (χ1) is 23.2. The fourth-order valence-corrected chi connectivity index (χ4v) is 8.71. The first-order valence-electron chi connectivity index (χ1n) is 15.6. The van der Waals surface area contributed by atoms with Crippen LogP contribution in [0.4, 0.5) is 5.69 Å². The second kappa shape index (κ2) is 9.76. The van der Waals surface area contributed by atoms with E-state index in [-0.39, 0.29) is 0 Å². The fourth-order valence-electron chi connectivity index (χ4n) is 7.52. The lowest BCUT2D eigenvalue weighted by Gasteiger charge is -2.11. The van der Waals surface area contributed by atoms with E-state index in [0.717, 1.165) is 71.5 Å². The summed E-state index contributed by atoms with van der Waals surface area (Å²) in [5.41, 5.74) is 8.21. The topological polar surface area (TPSA) is 47.7 Å². The van der Waals surface area contributed by atoms with E-state index in [1.807, 2.05) is 19.2 Å². The van der Waals surface area contributed by atoms with Gasteiger partial charge in [0.25, 0.3) is 0 Å². The number of thiophene rings is 1. The van der Waals surface area contributed by atoms with Gasteiger partial charge in [0.05, 0.1) is 32.6 Å². The second-order valence-electron chi connectivity index (χ2n) is 11.8. The number of hydrogen-bond donors (Lipinski definition) is 0. The molecule has 0 N–H and O–H groups in total. The molecule has 0 fully saturated rings. The van der Waals surface area contributed by atoms with Gasteiger partial charge < -0.3 is 8.98 Å². The SMILES string of the molecule is C=Nc1c(C(=NC)n2c3ccccc3c3c4c5ccccc5n(-c5ccc6c(c5)oc5ccccc56)c4ccc32)sc2ccccc12. The van der Waals surface area contributed by atoms with Crippen molar-refractivity contribution in [2.45, 2.75) is 0 Å². The highest BCUT2D eigenvalue weighted by Gasteiger charge is 2.24. The zero-order chi connectivity index (χ0) is 31.2. The molecular formula is C41H26N4OS. The molecular weight excluding hydrogens is 597 g/mol. The third kappa shape index (κ3) is 3.53. The van der Waals surface area contributed by atoms with Gasteiger partial charge in [0, 0.05) is 61.2 Å². The van der Waals surface area contributed by atoms with Crippen LogP contribution in [0.1, 0.15) is 4.88 Å². The molecule has 47 heavy (non-hydrogen) atoms. The molecule has 222 valence electrons. The number of nitrogens with zero attached hydrogens (tertiary/aromatic N) is 4. The highest BCUT2D eigenvalue weighted by atomic mass is 32.1. The molecule has 6 heteroatoms. The highest BCUT2D eigenvalue weighted by molar-refractivity contribution is 7.21. The highest BCUT2D eigenvalue weighted by Crippen LogP contribution is 2.44. The maximum atomic E-state index is 6.33. The zero-order valence-corrected chi connectivity index (χ0v) is 26.3. The van der Waals surface area contributed by atoms with Gasteiger partial charge in [-0.1, -0.05) is 72.8 Å². The van der Waals surface area contributed by atoms with Gasteiger partial charge in [-0.05, 0) is 55.2 Å². The van der Waals surface area contributed by atoms with Gasteiger partial charge in [-0.25, -0.2) is 0 Å². The van der Waals surface area contributed by atoms with Gasteiger partial charge in [-0.3, -0.25) is 14.6 Å². The average Bonchev–Trinajstić information content (AvgIpc) is 3.86. The van der Waals surface area contributed by atoms with Crippen molar-refractivity contribution in [2.24, 2.45) is 9.98 Å². The lowest BCUT2D eigenvalue weighted by Crippen LogP contribution is -2.12. The Morgan fingerprint density at radius 2 is 1.26 bits per heavy atom. The standard InChI is InChI=1S/C41H26N4OS/c1-42-39-29-14-6-10-18-36(29)47-40(39)41(43-2)45-31-16-8-4-13-28(31)38-33(45)22-21-32-37(38)27-12-3-7-15-30(27)44(32)24-19-20-26-25-11-5-9-17-34(25)46-35(26)23-24/h3-23H,1H2,2H3. The number of hydrogen-bond acceptors (Lipinski definition) is 4. The Morgan fingerprint density at radius 3 is 2.06 bits per heavy atom. The largest absolute Gasteiger partial charge is 0.456 e. The molecule has 0 atom stereocenters. The predicted octanol–water partition coefficient (Wildman–Crippen LogP) is 11.3. The summed E-state index contributed by atoms with van der Waals surface area (Å²) in [6, 6.07) is 45.0. The van der Waals surface area contributed by atoms with E-state index < -0.39 is 0 Å². The van der Waals surface area contributed by atoms with E-state index in [4.69, 9.17) is 9.41 Å². The molecule has 0 amide bonds. The minimum atomic E-state index is 0.859. The van der Waals surface area contributed by atoms with Gasteiger partial charge in [0.15, 0.2) is 5.84 Å². The lowest BCUT2D eigenvalue weighted by molar-refractivity contribution is 0.668. The first kappa shape index (κ1) is 26.3. The smallest absolute Gasteiger partial charge is 0.152 e. The maximum absolute atomic E-state index is 6.33. The molecule has 0 radical (unpaired) electrons. The van der Waals surface area contributed by atoms with E-state index in [2.05, 4.69) is 136 Å². The number of aromatic nitrogens is 2. The molecule has 0 aliphatic carbocycles. The van der Waals surface area contributed by atoms with Crippen LogP contribution in [0.25, 0.3) is 81.3 Å². The molecule has 0 aliphatic heterocycles. The summed E-state index contributed by atoms with van der Waals surface area (Å²) < 4.78 is 12.2. The summed E-state index contributed by atoms with van der Waals surface area (Å²) in [6.07, 6.45) is 0. The molecule has 0 aliphatic rings. The minimum absolute atomic E-state index is 0.859. The van der Waals surface area contributed by atoms with E-state index in [1.165, 1.54) is 26.2 Å². The normalized spacial score (nSPS) is 12.6. The van der Waals surface area contributed by atoms with Crippen LogP contribution >= 0.6 is 11.3 Å². The third-order valence-electron chi connectivity index (χ3n) is 9.45. The molecule has 4 heterocycles. The Kier molecular flexibility index (Phi) is 5.45. The van der Waals surface area contributed by atoms with E-state index in [0.29, 0.717) is 0 Å².